The molecule has 0 bridgehead atoms. The first-order chi connectivity index (χ1) is 8.86. The van der Waals surface area contributed by atoms with Crippen LogP contribution in [-0.2, 0) is 10.2 Å². The van der Waals surface area contributed by atoms with Gasteiger partial charge >= 0.3 is 0 Å². The lowest BCUT2D eigenvalue weighted by Gasteiger charge is -2.30. The molecular weight excluding hydrogens is 234 g/mol. The third-order valence-corrected chi connectivity index (χ3v) is 4.07. The molecule has 1 fully saturated rings. The number of carbonyl (C=O) groups is 1. The van der Waals surface area contributed by atoms with E-state index < -0.39 is 0 Å². The molecule has 1 aromatic rings. The van der Waals surface area contributed by atoms with Gasteiger partial charge in [0.25, 0.3) is 0 Å². The van der Waals surface area contributed by atoms with E-state index in [1.807, 2.05) is 0 Å². The van der Waals surface area contributed by atoms with Gasteiger partial charge in [0, 0.05) is 24.6 Å². The van der Waals surface area contributed by atoms with Gasteiger partial charge in [-0.3, -0.25) is 4.79 Å². The van der Waals surface area contributed by atoms with Gasteiger partial charge in [0.1, 0.15) is 5.78 Å². The van der Waals surface area contributed by atoms with Crippen LogP contribution in [0.15, 0.2) is 24.3 Å². The van der Waals surface area contributed by atoms with Crippen molar-refractivity contribution >= 4 is 11.5 Å². The van der Waals surface area contributed by atoms with Crippen molar-refractivity contribution in [1.82, 2.24) is 0 Å². The molecule has 1 aliphatic carbocycles. The molecule has 0 radical (unpaired) electrons. The van der Waals surface area contributed by atoms with Crippen molar-refractivity contribution in [3.05, 3.63) is 29.8 Å². The number of anilines is 1. The number of benzene rings is 1. The fourth-order valence-electron chi connectivity index (χ4n) is 2.70. The van der Waals surface area contributed by atoms with Crippen molar-refractivity contribution in [3.63, 3.8) is 0 Å². The summed E-state index contributed by atoms with van der Waals surface area (Å²) in [4.78, 5) is 11.4. The smallest absolute Gasteiger partial charge is 0.133 e. The first-order valence-corrected chi connectivity index (χ1v) is 7.25. The van der Waals surface area contributed by atoms with E-state index in [0.717, 1.165) is 19.3 Å². The molecule has 104 valence electrons. The minimum Gasteiger partial charge on any atom is -0.382 e. The monoisotopic (exact) mass is 259 g/mol. The van der Waals surface area contributed by atoms with Crippen molar-refractivity contribution < 1.29 is 4.79 Å². The topological polar surface area (TPSA) is 29.1 Å². The van der Waals surface area contributed by atoms with Crippen molar-refractivity contribution in [2.24, 2.45) is 5.92 Å². The van der Waals surface area contributed by atoms with E-state index in [1.54, 1.807) is 0 Å². The third-order valence-electron chi connectivity index (χ3n) is 4.07. The Kier molecular flexibility index (Phi) is 3.98. The second kappa shape index (κ2) is 5.36. The molecule has 1 aromatic carbocycles. The van der Waals surface area contributed by atoms with E-state index >= 15 is 0 Å². The Labute approximate surface area is 116 Å². The fourth-order valence-corrected chi connectivity index (χ4v) is 2.70. The fraction of sp³-hybridized carbons (Fsp3) is 0.588. The Hall–Kier alpha value is -1.31. The predicted octanol–water partition coefficient (Wildman–Crippen LogP) is 4.15. The lowest BCUT2D eigenvalue weighted by atomic mass is 9.84. The number of ketones is 1. The van der Waals surface area contributed by atoms with Crippen LogP contribution < -0.4 is 5.32 Å². The lowest BCUT2D eigenvalue weighted by Crippen LogP contribution is -2.33. The maximum absolute atomic E-state index is 11.4. The van der Waals surface area contributed by atoms with Gasteiger partial charge in [-0.25, -0.2) is 0 Å². The molecule has 0 amide bonds. The van der Waals surface area contributed by atoms with Crippen molar-refractivity contribution in [2.45, 2.75) is 58.4 Å². The zero-order valence-corrected chi connectivity index (χ0v) is 12.5. The number of Topliss-reactive ketones (excluding diaryl/α,β-unsaturated/α-hetero) is 1. The molecule has 0 aromatic heterocycles. The molecule has 0 saturated heterocycles. The Bertz CT molecular complexity index is 441. The average molecular weight is 259 g/mol. The van der Waals surface area contributed by atoms with Crippen LogP contribution >= 0.6 is 0 Å². The van der Waals surface area contributed by atoms with Crippen LogP contribution in [0.1, 0.15) is 52.5 Å². The van der Waals surface area contributed by atoms with E-state index in [-0.39, 0.29) is 5.41 Å². The Morgan fingerprint density at radius 2 is 1.79 bits per heavy atom. The number of hydrogen-bond donors (Lipinski definition) is 1. The molecule has 19 heavy (non-hydrogen) atoms. The van der Waals surface area contributed by atoms with Gasteiger partial charge in [-0.1, -0.05) is 39.8 Å². The van der Waals surface area contributed by atoms with E-state index in [4.69, 9.17) is 0 Å². The van der Waals surface area contributed by atoms with Gasteiger partial charge in [0.15, 0.2) is 0 Å². The zero-order valence-electron chi connectivity index (χ0n) is 12.5. The molecule has 2 nitrogen and oxygen atoms in total. The van der Waals surface area contributed by atoms with Crippen LogP contribution in [0, 0.1) is 5.92 Å². The van der Waals surface area contributed by atoms with E-state index in [2.05, 4.69) is 57.3 Å². The van der Waals surface area contributed by atoms with Gasteiger partial charge in [0.2, 0.25) is 0 Å². The van der Waals surface area contributed by atoms with Crippen molar-refractivity contribution in [1.29, 1.82) is 0 Å². The van der Waals surface area contributed by atoms with Gasteiger partial charge in [-0.2, -0.15) is 0 Å². The van der Waals surface area contributed by atoms with E-state index in [9.17, 15) is 4.79 Å². The van der Waals surface area contributed by atoms with Gasteiger partial charge in [-0.05, 0) is 35.4 Å². The van der Waals surface area contributed by atoms with Crippen LogP contribution in [0.25, 0.3) is 0 Å². The van der Waals surface area contributed by atoms with E-state index in [0.29, 0.717) is 17.7 Å². The summed E-state index contributed by atoms with van der Waals surface area (Å²) in [6.07, 6.45) is 2.40. The van der Waals surface area contributed by atoms with Gasteiger partial charge in [0.05, 0.1) is 0 Å². The molecule has 0 spiro atoms. The van der Waals surface area contributed by atoms with Crippen LogP contribution in [-0.4, -0.2) is 11.8 Å². The molecule has 2 unspecified atom stereocenters. The molecule has 2 heteroatoms. The first-order valence-electron chi connectivity index (χ1n) is 7.25. The first kappa shape index (κ1) is 14.1. The number of carbonyl (C=O) groups excluding carboxylic acids is 1. The zero-order chi connectivity index (χ0) is 14.0. The van der Waals surface area contributed by atoms with E-state index in [1.165, 1.54) is 11.3 Å². The van der Waals surface area contributed by atoms with Gasteiger partial charge < -0.3 is 5.32 Å². The molecule has 1 N–H and O–H groups in total. The maximum atomic E-state index is 11.4. The Morgan fingerprint density at radius 3 is 2.32 bits per heavy atom. The number of nitrogens with one attached hydrogen (secondary N) is 1. The summed E-state index contributed by atoms with van der Waals surface area (Å²) in [5, 5.41) is 3.58. The van der Waals surface area contributed by atoms with Crippen LogP contribution in [0.4, 0.5) is 5.69 Å². The number of hydrogen-bond acceptors (Lipinski definition) is 2. The summed E-state index contributed by atoms with van der Waals surface area (Å²) in [5.41, 5.74) is 2.72. The standard InChI is InChI=1S/C17H25NO/c1-12-11-15(19)9-10-16(12)18-14-7-5-13(6-8-14)17(2,3)4/h5-8,12,16,18H,9-11H2,1-4H3. The molecule has 1 saturated carbocycles. The lowest BCUT2D eigenvalue weighted by molar-refractivity contribution is -0.121. The van der Waals surface area contributed by atoms with Crippen molar-refractivity contribution in [3.8, 4) is 0 Å². The molecule has 2 atom stereocenters. The SMILES string of the molecule is CC1CC(=O)CCC1Nc1ccc(C(C)(C)C)cc1. The van der Waals surface area contributed by atoms with Crippen LogP contribution in [0.2, 0.25) is 0 Å². The predicted molar refractivity (Wildman–Crippen MR) is 80.6 cm³/mol. The van der Waals surface area contributed by atoms with Gasteiger partial charge in [-0.15, -0.1) is 0 Å². The minimum absolute atomic E-state index is 0.197. The second-order valence-corrected chi connectivity index (χ2v) is 6.84. The minimum atomic E-state index is 0.197. The highest BCUT2D eigenvalue weighted by Gasteiger charge is 2.25. The summed E-state index contributed by atoms with van der Waals surface area (Å²) in [5.74, 6) is 0.845. The highest BCUT2D eigenvalue weighted by atomic mass is 16.1. The van der Waals surface area contributed by atoms with Crippen LogP contribution in [0.3, 0.4) is 0 Å². The largest absolute Gasteiger partial charge is 0.382 e. The summed E-state index contributed by atoms with van der Waals surface area (Å²) < 4.78 is 0. The maximum Gasteiger partial charge on any atom is 0.133 e. The highest BCUT2D eigenvalue weighted by Crippen LogP contribution is 2.27. The summed E-state index contributed by atoms with van der Waals surface area (Å²) in [6.45, 7) is 8.84. The van der Waals surface area contributed by atoms with Crippen molar-refractivity contribution in [2.75, 3.05) is 5.32 Å². The summed E-state index contributed by atoms with van der Waals surface area (Å²) in [6, 6.07) is 9.13. The quantitative estimate of drug-likeness (QED) is 0.864. The average Bonchev–Trinajstić information content (AvgIpc) is 2.32. The molecule has 0 heterocycles. The Balaban J connectivity index is 2.02. The second-order valence-electron chi connectivity index (χ2n) is 6.84. The molecular formula is C17H25NO. The normalized spacial score (nSPS) is 24.3. The number of rotatable bonds is 2. The van der Waals surface area contributed by atoms with Crippen LogP contribution in [0.5, 0.6) is 0 Å². The summed E-state index contributed by atoms with van der Waals surface area (Å²) in [7, 11) is 0. The summed E-state index contributed by atoms with van der Waals surface area (Å²) >= 11 is 0. The molecule has 2 rings (SSSR count). The molecule has 0 aliphatic heterocycles. The molecule has 1 aliphatic rings. The highest BCUT2D eigenvalue weighted by molar-refractivity contribution is 5.79. The third kappa shape index (κ3) is 3.59. The Morgan fingerprint density at radius 1 is 1.16 bits per heavy atom.